The number of anilines is 2. The summed E-state index contributed by atoms with van der Waals surface area (Å²) in [7, 11) is -3.76. The van der Waals surface area contributed by atoms with Crippen LogP contribution in [0.2, 0.25) is 5.02 Å². The van der Waals surface area contributed by atoms with Crippen LogP contribution in [0.25, 0.3) is 0 Å². The molecule has 1 aromatic heterocycles. The fourth-order valence-electron chi connectivity index (χ4n) is 3.38. The van der Waals surface area contributed by atoms with E-state index in [0.717, 1.165) is 12.1 Å². The number of sulfone groups is 1. The molecule has 0 fully saturated rings. The summed E-state index contributed by atoms with van der Waals surface area (Å²) in [5.41, 5.74) is 1.41. The molecule has 33 heavy (non-hydrogen) atoms. The molecule has 0 radical (unpaired) electrons. The lowest BCUT2D eigenvalue weighted by atomic mass is 10.1. The predicted octanol–water partition coefficient (Wildman–Crippen LogP) is 3.35. The van der Waals surface area contributed by atoms with Gasteiger partial charge >= 0.3 is 0 Å². The molecule has 172 valence electrons. The van der Waals surface area contributed by atoms with Crippen molar-refractivity contribution in [1.29, 1.82) is 0 Å². The molecular formula is C22H19ClFN3O5S. The Kier molecular flexibility index (Phi) is 6.39. The zero-order valence-corrected chi connectivity index (χ0v) is 18.7. The van der Waals surface area contributed by atoms with E-state index in [9.17, 15) is 22.4 Å². The van der Waals surface area contributed by atoms with Crippen LogP contribution < -0.4 is 16.0 Å². The van der Waals surface area contributed by atoms with Gasteiger partial charge in [-0.15, -0.1) is 0 Å². The largest absolute Gasteiger partial charge is 0.467 e. The summed E-state index contributed by atoms with van der Waals surface area (Å²) in [6, 6.07) is 10.5. The number of rotatable bonds is 7. The SMILES string of the molecule is O=C(NCc1ccco1)c1ccc2c(c1)NC(=O)[C@@H](CS(=O)(=O)Cc1ccc(F)cc1Cl)N2. The minimum Gasteiger partial charge on any atom is -0.467 e. The first kappa shape index (κ1) is 22.8. The van der Waals surface area contributed by atoms with Gasteiger partial charge in [0, 0.05) is 10.6 Å². The molecule has 0 saturated heterocycles. The molecule has 1 aliphatic heterocycles. The molecule has 0 bridgehead atoms. The van der Waals surface area contributed by atoms with Crippen LogP contribution in [0.1, 0.15) is 21.7 Å². The van der Waals surface area contributed by atoms with Crippen molar-refractivity contribution in [3.63, 3.8) is 0 Å². The molecule has 0 spiro atoms. The average Bonchev–Trinajstić information content (AvgIpc) is 3.28. The van der Waals surface area contributed by atoms with Gasteiger partial charge in [-0.3, -0.25) is 9.59 Å². The van der Waals surface area contributed by atoms with Crippen LogP contribution in [-0.2, 0) is 26.9 Å². The number of furan rings is 1. The van der Waals surface area contributed by atoms with Crippen LogP contribution in [-0.4, -0.2) is 32.0 Å². The number of hydrogen-bond acceptors (Lipinski definition) is 6. The molecule has 8 nitrogen and oxygen atoms in total. The van der Waals surface area contributed by atoms with Crippen molar-refractivity contribution in [3.8, 4) is 0 Å². The minimum absolute atomic E-state index is 0.00262. The average molecular weight is 492 g/mol. The van der Waals surface area contributed by atoms with Crippen LogP contribution >= 0.6 is 11.6 Å². The molecule has 1 atom stereocenters. The Morgan fingerprint density at radius 2 is 1.97 bits per heavy atom. The number of benzene rings is 2. The molecule has 0 aliphatic carbocycles. The van der Waals surface area contributed by atoms with Crippen LogP contribution in [0.15, 0.2) is 59.2 Å². The van der Waals surface area contributed by atoms with Crippen LogP contribution in [0.5, 0.6) is 0 Å². The fourth-order valence-corrected chi connectivity index (χ4v) is 5.28. The second kappa shape index (κ2) is 9.24. The lowest BCUT2D eigenvalue weighted by Crippen LogP contribution is -2.43. The van der Waals surface area contributed by atoms with E-state index < -0.39 is 39.1 Å². The van der Waals surface area contributed by atoms with E-state index in [1.807, 2.05) is 0 Å². The summed E-state index contributed by atoms with van der Waals surface area (Å²) in [6.45, 7) is 0.214. The molecule has 0 unspecified atom stereocenters. The van der Waals surface area contributed by atoms with Gasteiger partial charge in [0.25, 0.3) is 5.91 Å². The topological polar surface area (TPSA) is 118 Å². The Hall–Kier alpha value is -3.37. The van der Waals surface area contributed by atoms with Gasteiger partial charge in [-0.05, 0) is 48.0 Å². The zero-order valence-electron chi connectivity index (χ0n) is 17.1. The first-order valence-corrected chi connectivity index (χ1v) is 12.1. The molecule has 2 heterocycles. The molecule has 2 aromatic carbocycles. The highest BCUT2D eigenvalue weighted by Crippen LogP contribution is 2.29. The van der Waals surface area contributed by atoms with Gasteiger partial charge in [0.05, 0.1) is 35.7 Å². The maximum absolute atomic E-state index is 13.2. The first-order valence-electron chi connectivity index (χ1n) is 9.86. The highest BCUT2D eigenvalue weighted by atomic mass is 35.5. The summed E-state index contributed by atoms with van der Waals surface area (Å²) in [4.78, 5) is 24.9. The van der Waals surface area contributed by atoms with Crippen molar-refractivity contribution >= 4 is 44.6 Å². The third kappa shape index (κ3) is 5.52. The van der Waals surface area contributed by atoms with Crippen molar-refractivity contribution in [1.82, 2.24) is 5.32 Å². The summed E-state index contributed by atoms with van der Waals surface area (Å²) < 4.78 is 43.7. The van der Waals surface area contributed by atoms with E-state index in [2.05, 4.69) is 16.0 Å². The predicted molar refractivity (Wildman–Crippen MR) is 121 cm³/mol. The second-order valence-electron chi connectivity index (χ2n) is 7.50. The van der Waals surface area contributed by atoms with Gasteiger partial charge < -0.3 is 20.4 Å². The summed E-state index contributed by atoms with van der Waals surface area (Å²) in [5, 5.41) is 8.26. The lowest BCUT2D eigenvalue weighted by molar-refractivity contribution is -0.116. The number of carbonyl (C=O) groups excluding carboxylic acids is 2. The van der Waals surface area contributed by atoms with E-state index in [-0.39, 0.29) is 23.0 Å². The molecule has 0 saturated carbocycles. The van der Waals surface area contributed by atoms with E-state index >= 15 is 0 Å². The molecule has 3 aromatic rings. The van der Waals surface area contributed by atoms with Crippen LogP contribution in [0.4, 0.5) is 15.8 Å². The number of halogens is 2. The summed E-state index contributed by atoms with van der Waals surface area (Å²) >= 11 is 5.93. The minimum atomic E-state index is -3.76. The smallest absolute Gasteiger partial charge is 0.251 e. The van der Waals surface area contributed by atoms with E-state index in [1.54, 1.807) is 24.3 Å². The number of nitrogens with one attached hydrogen (secondary N) is 3. The number of amides is 2. The Bertz CT molecular complexity index is 1310. The quantitative estimate of drug-likeness (QED) is 0.466. The normalized spacial score (nSPS) is 15.3. The van der Waals surface area contributed by atoms with Crippen molar-refractivity contribution in [2.24, 2.45) is 0 Å². The Morgan fingerprint density at radius 3 is 2.70 bits per heavy atom. The number of carbonyl (C=O) groups is 2. The van der Waals surface area contributed by atoms with Crippen LogP contribution in [0.3, 0.4) is 0 Å². The monoisotopic (exact) mass is 491 g/mol. The van der Waals surface area contributed by atoms with Crippen molar-refractivity contribution < 1.29 is 26.8 Å². The Labute approximate surface area is 194 Å². The van der Waals surface area contributed by atoms with Gasteiger partial charge in [0.15, 0.2) is 9.84 Å². The van der Waals surface area contributed by atoms with Crippen LogP contribution in [0, 0.1) is 5.82 Å². The highest BCUT2D eigenvalue weighted by Gasteiger charge is 2.31. The highest BCUT2D eigenvalue weighted by molar-refractivity contribution is 7.90. The van der Waals surface area contributed by atoms with Gasteiger partial charge in [-0.25, -0.2) is 12.8 Å². The first-order chi connectivity index (χ1) is 15.7. The van der Waals surface area contributed by atoms with E-state index in [4.69, 9.17) is 16.0 Å². The summed E-state index contributed by atoms with van der Waals surface area (Å²) in [5.74, 6) is -1.80. The fraction of sp³-hybridized carbons (Fsp3) is 0.182. The van der Waals surface area contributed by atoms with Crippen molar-refractivity contribution in [3.05, 3.63) is 82.5 Å². The Balaban J connectivity index is 1.42. The van der Waals surface area contributed by atoms with Crippen molar-refractivity contribution in [2.75, 3.05) is 16.4 Å². The maximum atomic E-state index is 13.2. The lowest BCUT2D eigenvalue weighted by Gasteiger charge is -2.27. The zero-order chi connectivity index (χ0) is 23.6. The van der Waals surface area contributed by atoms with Gasteiger partial charge in [-0.2, -0.15) is 0 Å². The standard InChI is InChI=1S/C22H19ClFN3O5S/c23-17-9-15(24)5-3-14(17)11-33(30,31)12-20-22(29)27-19-8-13(4-6-18(19)26-20)21(28)25-10-16-2-1-7-32-16/h1-9,20,26H,10-12H2,(H,25,28)(H,27,29)/t20-/m1/s1. The van der Waals surface area contributed by atoms with E-state index in [0.29, 0.717) is 22.7 Å². The molecule has 3 N–H and O–H groups in total. The summed E-state index contributed by atoms with van der Waals surface area (Å²) in [6.07, 6.45) is 1.51. The molecule has 4 rings (SSSR count). The van der Waals surface area contributed by atoms with Crippen molar-refractivity contribution in [2.45, 2.75) is 18.3 Å². The number of fused-ring (bicyclic) bond motifs is 1. The second-order valence-corrected chi connectivity index (χ2v) is 10.0. The molecular weight excluding hydrogens is 473 g/mol. The number of hydrogen-bond donors (Lipinski definition) is 3. The van der Waals surface area contributed by atoms with E-state index in [1.165, 1.54) is 18.4 Å². The molecule has 1 aliphatic rings. The third-order valence-corrected chi connectivity index (χ3v) is 6.94. The van der Waals surface area contributed by atoms with Gasteiger partial charge in [0.2, 0.25) is 5.91 Å². The molecule has 11 heteroatoms. The maximum Gasteiger partial charge on any atom is 0.251 e. The third-order valence-electron chi connectivity index (χ3n) is 5.00. The van der Waals surface area contributed by atoms with Gasteiger partial charge in [-0.1, -0.05) is 17.7 Å². The van der Waals surface area contributed by atoms with Gasteiger partial charge in [0.1, 0.15) is 17.6 Å². The Morgan fingerprint density at radius 1 is 1.15 bits per heavy atom. The molecule has 2 amide bonds.